The molecule has 1 aliphatic carbocycles. The van der Waals surface area contributed by atoms with E-state index in [1.165, 1.54) is 32.1 Å². The Bertz CT molecular complexity index is 186. The molecule has 4 heteroatoms. The largest absolute Gasteiger partial charge is 0.391 e. The van der Waals surface area contributed by atoms with Gasteiger partial charge in [0.05, 0.1) is 6.10 Å². The van der Waals surface area contributed by atoms with E-state index in [0.717, 1.165) is 17.4 Å². The van der Waals surface area contributed by atoms with Crippen LogP contribution < -0.4 is 5.73 Å². The predicted molar refractivity (Wildman–Crippen MR) is 80.0 cm³/mol. The van der Waals surface area contributed by atoms with Gasteiger partial charge < -0.3 is 10.8 Å². The summed E-state index contributed by atoms with van der Waals surface area (Å²) < 4.78 is 0. The van der Waals surface area contributed by atoms with E-state index >= 15 is 0 Å². The van der Waals surface area contributed by atoms with Crippen LogP contribution in [0.15, 0.2) is 0 Å². The summed E-state index contributed by atoms with van der Waals surface area (Å²) in [6.07, 6.45) is 7.39. The molecule has 0 aromatic carbocycles. The molecule has 17 heavy (non-hydrogen) atoms. The molecular formula is C13H28ClNOS. The van der Waals surface area contributed by atoms with Crippen molar-refractivity contribution in [2.24, 2.45) is 11.7 Å². The molecule has 2 atom stereocenters. The van der Waals surface area contributed by atoms with Crippen LogP contribution in [0.5, 0.6) is 0 Å². The molecule has 0 amide bonds. The normalized spacial score (nSPS) is 21.0. The van der Waals surface area contributed by atoms with Crippen LogP contribution in [-0.4, -0.2) is 28.3 Å². The molecule has 0 aromatic heterocycles. The molecule has 104 valence electrons. The van der Waals surface area contributed by atoms with Crippen molar-refractivity contribution in [1.82, 2.24) is 0 Å². The van der Waals surface area contributed by atoms with Gasteiger partial charge in [0.25, 0.3) is 0 Å². The van der Waals surface area contributed by atoms with Crippen molar-refractivity contribution in [2.75, 3.05) is 5.75 Å². The lowest BCUT2D eigenvalue weighted by Gasteiger charge is -2.25. The standard InChI is InChI=1S/C13H27NOS.ClH/c1-10(2)8-12(14)13(15)9-16-11-6-4-3-5-7-11;/h10-13,15H,3-9,14H2,1-2H3;1H. The summed E-state index contributed by atoms with van der Waals surface area (Å²) in [5, 5.41) is 10.7. The molecule has 1 aliphatic rings. The lowest BCUT2D eigenvalue weighted by atomic mass is 10.0. The third-order valence-electron chi connectivity index (χ3n) is 3.29. The second-order valence-electron chi connectivity index (χ2n) is 5.45. The van der Waals surface area contributed by atoms with E-state index in [9.17, 15) is 5.11 Å². The maximum absolute atomic E-state index is 9.95. The van der Waals surface area contributed by atoms with Crippen molar-refractivity contribution in [3.05, 3.63) is 0 Å². The summed E-state index contributed by atoms with van der Waals surface area (Å²) in [5.74, 6) is 1.39. The Labute approximate surface area is 117 Å². The third kappa shape index (κ3) is 7.55. The Morgan fingerprint density at radius 2 is 1.82 bits per heavy atom. The molecule has 0 bridgehead atoms. The molecule has 0 aliphatic heterocycles. The minimum Gasteiger partial charge on any atom is -0.391 e. The molecule has 3 N–H and O–H groups in total. The maximum atomic E-state index is 9.95. The molecule has 0 aromatic rings. The van der Waals surface area contributed by atoms with E-state index in [-0.39, 0.29) is 24.6 Å². The molecule has 2 nitrogen and oxygen atoms in total. The van der Waals surface area contributed by atoms with Gasteiger partial charge in [0.1, 0.15) is 0 Å². The molecule has 0 saturated heterocycles. The quantitative estimate of drug-likeness (QED) is 0.786. The lowest BCUT2D eigenvalue weighted by Crippen LogP contribution is -2.37. The molecule has 1 rings (SSSR count). The first-order chi connectivity index (χ1) is 7.59. The van der Waals surface area contributed by atoms with E-state index < -0.39 is 0 Å². The zero-order valence-corrected chi connectivity index (χ0v) is 12.7. The first-order valence-electron chi connectivity index (χ1n) is 6.65. The molecule has 0 spiro atoms. The van der Waals surface area contributed by atoms with E-state index in [1.54, 1.807) is 0 Å². The van der Waals surface area contributed by atoms with Crippen molar-refractivity contribution in [2.45, 2.75) is 69.8 Å². The highest BCUT2D eigenvalue weighted by Gasteiger charge is 2.19. The molecule has 1 fully saturated rings. The third-order valence-corrected chi connectivity index (χ3v) is 4.77. The van der Waals surface area contributed by atoms with Gasteiger partial charge in [0.2, 0.25) is 0 Å². The van der Waals surface area contributed by atoms with Crippen molar-refractivity contribution >= 4 is 24.2 Å². The average molecular weight is 282 g/mol. The van der Waals surface area contributed by atoms with Gasteiger partial charge in [-0.25, -0.2) is 0 Å². The zero-order chi connectivity index (χ0) is 12.0. The highest BCUT2D eigenvalue weighted by molar-refractivity contribution is 7.99. The van der Waals surface area contributed by atoms with Crippen molar-refractivity contribution < 1.29 is 5.11 Å². The predicted octanol–water partition coefficient (Wildman–Crippen LogP) is 3.21. The summed E-state index contributed by atoms with van der Waals surface area (Å²) in [6.45, 7) is 4.31. The summed E-state index contributed by atoms with van der Waals surface area (Å²) in [6, 6.07) is -0.0453. The Morgan fingerprint density at radius 1 is 1.24 bits per heavy atom. The fourth-order valence-corrected chi connectivity index (χ4v) is 3.67. The van der Waals surface area contributed by atoms with Crippen LogP contribution in [0.1, 0.15) is 52.4 Å². The van der Waals surface area contributed by atoms with Crippen LogP contribution >= 0.6 is 24.2 Å². The Balaban J connectivity index is 0.00000256. The highest BCUT2D eigenvalue weighted by atomic mass is 35.5. The van der Waals surface area contributed by atoms with Gasteiger partial charge in [0, 0.05) is 17.0 Å². The van der Waals surface area contributed by atoms with Crippen LogP contribution in [0.2, 0.25) is 0 Å². The number of thioether (sulfide) groups is 1. The Morgan fingerprint density at radius 3 is 2.35 bits per heavy atom. The van der Waals surface area contributed by atoms with Gasteiger partial charge in [-0.2, -0.15) is 11.8 Å². The molecule has 1 saturated carbocycles. The molecule has 0 heterocycles. The summed E-state index contributed by atoms with van der Waals surface area (Å²) in [5.41, 5.74) is 5.97. The van der Waals surface area contributed by atoms with Crippen LogP contribution in [0.25, 0.3) is 0 Å². The zero-order valence-electron chi connectivity index (χ0n) is 11.1. The van der Waals surface area contributed by atoms with Gasteiger partial charge >= 0.3 is 0 Å². The van der Waals surface area contributed by atoms with Gasteiger partial charge in [0.15, 0.2) is 0 Å². The second kappa shape index (κ2) is 9.48. The van der Waals surface area contributed by atoms with Crippen molar-refractivity contribution in [3.63, 3.8) is 0 Å². The smallest absolute Gasteiger partial charge is 0.0781 e. The van der Waals surface area contributed by atoms with Crippen molar-refractivity contribution in [1.29, 1.82) is 0 Å². The van der Waals surface area contributed by atoms with Gasteiger partial charge in [-0.3, -0.25) is 0 Å². The second-order valence-corrected chi connectivity index (χ2v) is 6.79. The average Bonchev–Trinajstić information content (AvgIpc) is 2.26. The monoisotopic (exact) mass is 281 g/mol. The first kappa shape index (κ1) is 17.6. The first-order valence-corrected chi connectivity index (χ1v) is 7.69. The van der Waals surface area contributed by atoms with Gasteiger partial charge in [-0.1, -0.05) is 33.1 Å². The van der Waals surface area contributed by atoms with Gasteiger partial charge in [-0.15, -0.1) is 12.4 Å². The number of rotatable bonds is 6. The lowest BCUT2D eigenvalue weighted by molar-refractivity contribution is 0.156. The number of aliphatic hydroxyl groups is 1. The summed E-state index contributed by atoms with van der Waals surface area (Å²) in [7, 11) is 0. The van der Waals surface area contributed by atoms with Crippen LogP contribution in [0.4, 0.5) is 0 Å². The summed E-state index contributed by atoms with van der Waals surface area (Å²) >= 11 is 1.93. The van der Waals surface area contributed by atoms with Crippen LogP contribution in [0.3, 0.4) is 0 Å². The Hall–Kier alpha value is 0.560. The summed E-state index contributed by atoms with van der Waals surface area (Å²) in [4.78, 5) is 0. The van der Waals surface area contributed by atoms with E-state index in [4.69, 9.17) is 5.73 Å². The van der Waals surface area contributed by atoms with E-state index in [2.05, 4.69) is 13.8 Å². The molecule has 2 unspecified atom stereocenters. The SMILES string of the molecule is CC(C)CC(N)C(O)CSC1CCCCC1.Cl. The van der Waals surface area contributed by atoms with Gasteiger partial charge in [-0.05, 0) is 25.2 Å². The van der Waals surface area contributed by atoms with Crippen molar-refractivity contribution in [3.8, 4) is 0 Å². The molecule has 0 radical (unpaired) electrons. The minimum atomic E-state index is -0.325. The fraction of sp³-hybridized carbons (Fsp3) is 1.00. The molecular weight excluding hydrogens is 254 g/mol. The fourth-order valence-electron chi connectivity index (χ4n) is 2.29. The van der Waals surface area contributed by atoms with Crippen LogP contribution in [0, 0.1) is 5.92 Å². The Kier molecular flexibility index (Phi) is 9.80. The van der Waals surface area contributed by atoms with E-state index in [0.29, 0.717) is 5.92 Å². The number of aliphatic hydroxyl groups excluding tert-OH is 1. The minimum absolute atomic E-state index is 0. The topological polar surface area (TPSA) is 46.2 Å². The number of hydrogen-bond acceptors (Lipinski definition) is 3. The number of hydrogen-bond donors (Lipinski definition) is 2. The highest BCUT2D eigenvalue weighted by Crippen LogP contribution is 2.28. The number of nitrogens with two attached hydrogens (primary N) is 1. The maximum Gasteiger partial charge on any atom is 0.0781 e. The number of halogens is 1. The van der Waals surface area contributed by atoms with E-state index in [1.807, 2.05) is 11.8 Å². The van der Waals surface area contributed by atoms with Crippen LogP contribution in [-0.2, 0) is 0 Å².